The first-order valence-corrected chi connectivity index (χ1v) is 10.3. The fraction of sp³-hybridized carbons (Fsp3) is 0.286. The van der Waals surface area contributed by atoms with E-state index in [0.717, 1.165) is 24.3 Å². The number of nitrogens with one attached hydrogen (secondary N) is 3. The lowest BCUT2D eigenvalue weighted by Gasteiger charge is -2.12. The number of anilines is 3. The average Bonchev–Trinajstić information content (AvgIpc) is 3.37. The van der Waals surface area contributed by atoms with Gasteiger partial charge in [0, 0.05) is 35.4 Å². The van der Waals surface area contributed by atoms with E-state index in [2.05, 4.69) is 21.0 Å². The summed E-state index contributed by atoms with van der Waals surface area (Å²) in [6.45, 7) is 0. The highest BCUT2D eigenvalue weighted by Crippen LogP contribution is 2.31. The molecule has 1 amide bonds. The second-order valence-corrected chi connectivity index (χ2v) is 8.03. The summed E-state index contributed by atoms with van der Waals surface area (Å²) in [5.41, 5.74) is 2.53. The Morgan fingerprint density at radius 1 is 1.35 bits per heavy atom. The van der Waals surface area contributed by atoms with Gasteiger partial charge in [-0.15, -0.1) is 0 Å². The fourth-order valence-electron chi connectivity index (χ4n) is 3.49. The summed E-state index contributed by atoms with van der Waals surface area (Å²) in [7, 11) is 1.57. The van der Waals surface area contributed by atoms with Crippen molar-refractivity contribution in [1.82, 2.24) is 19.9 Å². The number of nitrogens with zero attached hydrogens (tertiary/aromatic N) is 3. The van der Waals surface area contributed by atoms with E-state index >= 15 is 0 Å². The normalized spacial score (nSPS) is 19.6. The number of methoxy groups -OCH3 is 1. The van der Waals surface area contributed by atoms with Crippen molar-refractivity contribution in [1.29, 1.82) is 0 Å². The molecule has 3 heterocycles. The monoisotopic (exact) mass is 440 g/mol. The number of fused-ring (bicyclic) bond motifs is 1. The van der Waals surface area contributed by atoms with E-state index in [4.69, 9.17) is 21.3 Å². The van der Waals surface area contributed by atoms with Gasteiger partial charge < -0.3 is 25.8 Å². The molecule has 1 atom stereocenters. The third-order valence-electron chi connectivity index (χ3n) is 5.19. The van der Waals surface area contributed by atoms with Gasteiger partial charge in [-0.25, -0.2) is 4.98 Å². The van der Waals surface area contributed by atoms with Crippen molar-refractivity contribution in [2.24, 2.45) is 0 Å². The second-order valence-electron chi connectivity index (χ2n) is 7.62. The van der Waals surface area contributed by atoms with Crippen LogP contribution in [0.5, 0.6) is 5.75 Å². The maximum atomic E-state index is 12.0. The van der Waals surface area contributed by atoms with Crippen molar-refractivity contribution in [2.75, 3.05) is 17.7 Å². The van der Waals surface area contributed by atoms with Crippen LogP contribution in [0.3, 0.4) is 0 Å². The summed E-state index contributed by atoms with van der Waals surface area (Å²) in [5, 5.41) is 23.9. The Labute approximate surface area is 183 Å². The van der Waals surface area contributed by atoms with Crippen molar-refractivity contribution in [3.05, 3.63) is 46.6 Å². The maximum Gasteiger partial charge on any atom is 0.249 e. The molecule has 4 N–H and O–H groups in total. The molecule has 1 aliphatic heterocycles. The SMILES string of the molecule is COc1ccc(Nc2cc(NC3CC3)n3ncc(/C=C4\CC(O)NC4=O)c3n2)cc1Cl. The number of carbonyl (C=O) groups excluding carboxylic acids is 1. The summed E-state index contributed by atoms with van der Waals surface area (Å²) >= 11 is 6.25. The highest BCUT2D eigenvalue weighted by atomic mass is 35.5. The minimum absolute atomic E-state index is 0.242. The molecule has 0 spiro atoms. The highest BCUT2D eigenvalue weighted by molar-refractivity contribution is 6.32. The number of hydrogen-bond acceptors (Lipinski definition) is 7. The number of rotatable bonds is 6. The number of aromatic nitrogens is 3. The van der Waals surface area contributed by atoms with Gasteiger partial charge in [0.15, 0.2) is 5.65 Å². The standard InChI is InChI=1S/C21H21ClN6O3/c1-31-16-5-4-14(8-15(16)22)24-17-9-18(25-13-2-3-13)28-20(26-17)12(10-23-28)6-11-7-19(29)27-21(11)30/h4-6,8-10,13,19,25,29H,2-3,7H2,1H3,(H,24,26)(H,27,30)/b11-6+. The first kappa shape index (κ1) is 19.7. The molecule has 0 radical (unpaired) electrons. The molecule has 2 aromatic heterocycles. The van der Waals surface area contributed by atoms with Crippen LogP contribution >= 0.6 is 11.6 Å². The number of amides is 1. The minimum atomic E-state index is -0.863. The van der Waals surface area contributed by atoms with Gasteiger partial charge in [-0.3, -0.25) is 4.79 Å². The molecule has 3 aromatic rings. The van der Waals surface area contributed by atoms with E-state index in [1.165, 1.54) is 0 Å². The maximum absolute atomic E-state index is 12.0. The van der Waals surface area contributed by atoms with Crippen LogP contribution in [0.1, 0.15) is 24.8 Å². The molecule has 1 saturated heterocycles. The summed E-state index contributed by atoms with van der Waals surface area (Å²) < 4.78 is 6.93. The van der Waals surface area contributed by atoms with Crippen LogP contribution in [0, 0.1) is 0 Å². The zero-order valence-corrected chi connectivity index (χ0v) is 17.5. The van der Waals surface area contributed by atoms with Crippen molar-refractivity contribution in [3.63, 3.8) is 0 Å². The Morgan fingerprint density at radius 2 is 2.19 bits per heavy atom. The molecule has 1 aliphatic carbocycles. The van der Waals surface area contributed by atoms with E-state index in [-0.39, 0.29) is 12.3 Å². The van der Waals surface area contributed by atoms with Gasteiger partial charge in [0.05, 0.1) is 18.3 Å². The Hall–Kier alpha value is -3.30. The molecular formula is C21H21ClN6O3. The average molecular weight is 441 g/mol. The smallest absolute Gasteiger partial charge is 0.249 e. The zero-order chi connectivity index (χ0) is 21.5. The van der Waals surface area contributed by atoms with E-state index in [1.54, 1.807) is 36.0 Å². The minimum Gasteiger partial charge on any atom is -0.495 e. The molecule has 9 nitrogen and oxygen atoms in total. The van der Waals surface area contributed by atoms with Crippen LogP contribution < -0.4 is 20.7 Å². The van der Waals surface area contributed by atoms with Crippen LogP contribution in [-0.2, 0) is 4.79 Å². The van der Waals surface area contributed by atoms with Gasteiger partial charge in [0.1, 0.15) is 23.6 Å². The van der Waals surface area contributed by atoms with Gasteiger partial charge in [-0.05, 0) is 37.1 Å². The topological polar surface area (TPSA) is 113 Å². The van der Waals surface area contributed by atoms with E-state index in [1.807, 2.05) is 12.1 Å². The highest BCUT2D eigenvalue weighted by Gasteiger charge is 2.26. The third-order valence-corrected chi connectivity index (χ3v) is 5.48. The molecule has 2 aliphatic rings. The van der Waals surface area contributed by atoms with Gasteiger partial charge in [-0.2, -0.15) is 9.61 Å². The Kier molecular flexibility index (Phi) is 4.91. The van der Waals surface area contributed by atoms with Crippen LogP contribution in [0.2, 0.25) is 5.02 Å². The molecule has 1 saturated carbocycles. The van der Waals surface area contributed by atoms with E-state index in [9.17, 15) is 9.90 Å². The van der Waals surface area contributed by atoms with Crippen LogP contribution in [-0.4, -0.2) is 45.0 Å². The lowest BCUT2D eigenvalue weighted by atomic mass is 10.1. The predicted octanol–water partition coefficient (Wildman–Crippen LogP) is 2.93. The van der Waals surface area contributed by atoms with Crippen molar-refractivity contribution in [2.45, 2.75) is 31.5 Å². The van der Waals surface area contributed by atoms with E-state index < -0.39 is 6.23 Å². The molecule has 2 fully saturated rings. The van der Waals surface area contributed by atoms with Crippen LogP contribution in [0.15, 0.2) is 36.0 Å². The molecule has 1 aromatic carbocycles. The number of benzene rings is 1. The predicted molar refractivity (Wildman–Crippen MR) is 118 cm³/mol. The molecule has 0 bridgehead atoms. The first-order valence-electron chi connectivity index (χ1n) is 9.95. The van der Waals surface area contributed by atoms with Gasteiger partial charge >= 0.3 is 0 Å². The molecular weight excluding hydrogens is 420 g/mol. The number of aliphatic hydroxyl groups excluding tert-OH is 1. The fourth-order valence-corrected chi connectivity index (χ4v) is 3.74. The molecule has 31 heavy (non-hydrogen) atoms. The summed E-state index contributed by atoms with van der Waals surface area (Å²) in [5.74, 6) is 1.71. The number of hydrogen-bond donors (Lipinski definition) is 4. The lowest BCUT2D eigenvalue weighted by molar-refractivity contribution is -0.117. The van der Waals surface area contributed by atoms with Crippen LogP contribution in [0.4, 0.5) is 17.3 Å². The zero-order valence-electron chi connectivity index (χ0n) is 16.7. The van der Waals surface area contributed by atoms with E-state index in [0.29, 0.717) is 39.4 Å². The number of aliphatic hydroxyl groups is 1. The van der Waals surface area contributed by atoms with Crippen molar-refractivity contribution in [3.8, 4) is 5.75 Å². The number of ether oxygens (including phenoxy) is 1. The largest absolute Gasteiger partial charge is 0.495 e. The number of carbonyl (C=O) groups is 1. The van der Waals surface area contributed by atoms with Gasteiger partial charge in [-0.1, -0.05) is 11.6 Å². The number of halogens is 1. The van der Waals surface area contributed by atoms with Crippen molar-refractivity contribution >= 4 is 46.6 Å². The third kappa shape index (κ3) is 4.01. The van der Waals surface area contributed by atoms with Crippen LogP contribution in [0.25, 0.3) is 11.7 Å². The Balaban J connectivity index is 1.54. The Bertz CT molecular complexity index is 1200. The second kappa shape index (κ2) is 7.75. The molecule has 10 heteroatoms. The summed E-state index contributed by atoms with van der Waals surface area (Å²) in [6.07, 6.45) is 4.98. The lowest BCUT2D eigenvalue weighted by Crippen LogP contribution is -2.24. The summed E-state index contributed by atoms with van der Waals surface area (Å²) in [6, 6.07) is 7.71. The molecule has 1 unspecified atom stereocenters. The quantitative estimate of drug-likeness (QED) is 0.436. The molecule has 5 rings (SSSR count). The molecule has 160 valence electrons. The van der Waals surface area contributed by atoms with Crippen molar-refractivity contribution < 1.29 is 14.6 Å². The summed E-state index contributed by atoms with van der Waals surface area (Å²) in [4.78, 5) is 16.7. The first-order chi connectivity index (χ1) is 15.0. The Morgan fingerprint density at radius 3 is 2.87 bits per heavy atom. The van der Waals surface area contributed by atoms with Gasteiger partial charge in [0.2, 0.25) is 5.91 Å². The van der Waals surface area contributed by atoms with Gasteiger partial charge in [0.25, 0.3) is 0 Å².